The third-order valence-corrected chi connectivity index (χ3v) is 11.9. The van der Waals surface area contributed by atoms with Crippen LogP contribution < -0.4 is 0 Å². The van der Waals surface area contributed by atoms with Gasteiger partial charge in [0, 0.05) is 19.3 Å². The van der Waals surface area contributed by atoms with E-state index < -0.39 is 6.10 Å². The van der Waals surface area contributed by atoms with Gasteiger partial charge in [-0.1, -0.05) is 232 Å². The lowest BCUT2D eigenvalue weighted by Gasteiger charge is -2.18. The monoisotopic (exact) mass is 983 g/mol. The minimum absolute atomic E-state index is 0.115. The lowest BCUT2D eigenvalue weighted by Crippen LogP contribution is -2.30. The zero-order valence-electron chi connectivity index (χ0n) is 45.9. The molecule has 6 nitrogen and oxygen atoms in total. The van der Waals surface area contributed by atoms with Crippen LogP contribution in [0.2, 0.25) is 0 Å². The smallest absolute Gasteiger partial charge is 0.306 e. The molecule has 0 saturated carbocycles. The predicted octanol–water partition coefficient (Wildman–Crippen LogP) is 19.6. The molecule has 0 aliphatic heterocycles. The summed E-state index contributed by atoms with van der Waals surface area (Å²) in [5.74, 6) is -1.02. The number of allylic oxidation sites excluding steroid dienone is 20. The molecule has 0 spiro atoms. The number of hydrogen-bond acceptors (Lipinski definition) is 6. The van der Waals surface area contributed by atoms with E-state index in [0.717, 1.165) is 116 Å². The van der Waals surface area contributed by atoms with Crippen LogP contribution >= 0.6 is 0 Å². The number of esters is 3. The third kappa shape index (κ3) is 56.6. The van der Waals surface area contributed by atoms with E-state index in [-0.39, 0.29) is 37.5 Å². The summed E-state index contributed by atoms with van der Waals surface area (Å²) < 4.78 is 16.8. The molecule has 0 aromatic rings. The minimum Gasteiger partial charge on any atom is -0.462 e. The highest BCUT2D eigenvalue weighted by molar-refractivity contribution is 5.71. The number of carbonyl (C=O) groups is 3. The Labute approximate surface area is 437 Å². The second kappa shape index (κ2) is 58.4. The van der Waals surface area contributed by atoms with E-state index in [1.165, 1.54) is 89.9 Å². The first kappa shape index (κ1) is 66.8. The van der Waals surface area contributed by atoms with Gasteiger partial charge in [0.25, 0.3) is 0 Å². The summed E-state index contributed by atoms with van der Waals surface area (Å²) >= 11 is 0. The van der Waals surface area contributed by atoms with Gasteiger partial charge in [0.15, 0.2) is 6.10 Å². The summed E-state index contributed by atoms with van der Waals surface area (Å²) in [6, 6.07) is 0. The van der Waals surface area contributed by atoms with E-state index in [9.17, 15) is 14.4 Å². The molecule has 0 radical (unpaired) electrons. The number of unbranched alkanes of at least 4 members (excludes halogenated alkanes) is 20. The average Bonchev–Trinajstić information content (AvgIpc) is 3.37. The predicted molar refractivity (Wildman–Crippen MR) is 306 cm³/mol. The Kier molecular flexibility index (Phi) is 54.9. The van der Waals surface area contributed by atoms with E-state index >= 15 is 0 Å². The van der Waals surface area contributed by atoms with Crippen molar-refractivity contribution in [1.29, 1.82) is 0 Å². The second-order valence-electron chi connectivity index (χ2n) is 18.8. The van der Waals surface area contributed by atoms with Crippen LogP contribution in [-0.2, 0) is 28.6 Å². The molecule has 0 N–H and O–H groups in total. The largest absolute Gasteiger partial charge is 0.462 e. The number of ether oxygens (including phenoxy) is 3. The van der Waals surface area contributed by atoms with Crippen molar-refractivity contribution in [2.45, 2.75) is 258 Å². The zero-order valence-corrected chi connectivity index (χ0v) is 45.9. The van der Waals surface area contributed by atoms with Gasteiger partial charge in [-0.3, -0.25) is 14.4 Å². The quantitative estimate of drug-likeness (QED) is 0.0261. The van der Waals surface area contributed by atoms with E-state index in [1.807, 2.05) is 6.08 Å². The first-order chi connectivity index (χ1) is 35.0. The highest BCUT2D eigenvalue weighted by atomic mass is 16.6. The molecule has 6 heteroatoms. The fourth-order valence-electron chi connectivity index (χ4n) is 7.59. The topological polar surface area (TPSA) is 78.9 Å². The van der Waals surface area contributed by atoms with Gasteiger partial charge < -0.3 is 14.2 Å². The van der Waals surface area contributed by atoms with Crippen molar-refractivity contribution >= 4 is 17.9 Å². The number of carbonyl (C=O) groups excluding carboxylic acids is 3. The van der Waals surface area contributed by atoms with Gasteiger partial charge >= 0.3 is 17.9 Å². The van der Waals surface area contributed by atoms with Crippen molar-refractivity contribution in [2.24, 2.45) is 0 Å². The maximum atomic E-state index is 12.9. The molecule has 0 bridgehead atoms. The van der Waals surface area contributed by atoms with Crippen molar-refractivity contribution < 1.29 is 28.6 Å². The molecular weight excluding hydrogens is 877 g/mol. The molecule has 0 heterocycles. The Bertz CT molecular complexity index is 1500. The van der Waals surface area contributed by atoms with E-state index in [2.05, 4.69) is 136 Å². The molecule has 1 atom stereocenters. The lowest BCUT2D eigenvalue weighted by molar-refractivity contribution is -0.166. The second-order valence-corrected chi connectivity index (χ2v) is 18.8. The molecular formula is C65H106O6. The van der Waals surface area contributed by atoms with E-state index in [1.54, 1.807) is 0 Å². The van der Waals surface area contributed by atoms with Crippen molar-refractivity contribution in [3.63, 3.8) is 0 Å². The standard InChI is InChI=1S/C65H106O6/c1-4-7-10-13-16-19-22-25-28-31-33-35-37-40-43-46-49-52-55-58-64(67)70-61-62(60-69-63(66)57-54-51-48-45-42-39-36-30-27-24-21-18-15-12-9-6-3)71-65(68)59-56-53-50-47-44-41-38-34-32-29-26-23-20-17-14-11-8-5-2/h7,10,16,19-21,23-25,28-30,32-33,35-36,40,43,49,52,62H,4-6,8-9,11-15,17-18,22,26-27,31,34,37-39,41-42,44-48,50-51,53-61H2,1-3H3/b10-7-,19-16-,23-20-,24-21-,28-25-,32-29-,35-33-,36-30-,43-40-,52-49-. The lowest BCUT2D eigenvalue weighted by atomic mass is 10.1. The van der Waals surface area contributed by atoms with Gasteiger partial charge in [0.2, 0.25) is 0 Å². The van der Waals surface area contributed by atoms with Crippen molar-refractivity contribution in [1.82, 2.24) is 0 Å². The molecule has 0 aromatic carbocycles. The van der Waals surface area contributed by atoms with Crippen LogP contribution in [0.3, 0.4) is 0 Å². The Balaban J connectivity index is 4.55. The maximum Gasteiger partial charge on any atom is 0.306 e. The molecule has 0 fully saturated rings. The first-order valence-corrected chi connectivity index (χ1v) is 29.0. The molecule has 0 saturated heterocycles. The maximum absolute atomic E-state index is 12.9. The van der Waals surface area contributed by atoms with Crippen LogP contribution in [0.4, 0.5) is 0 Å². The zero-order chi connectivity index (χ0) is 51.4. The number of hydrogen-bond donors (Lipinski definition) is 0. The van der Waals surface area contributed by atoms with Gasteiger partial charge in [-0.15, -0.1) is 0 Å². The van der Waals surface area contributed by atoms with Crippen LogP contribution in [0, 0.1) is 0 Å². The van der Waals surface area contributed by atoms with Gasteiger partial charge in [-0.2, -0.15) is 0 Å². The van der Waals surface area contributed by atoms with E-state index in [4.69, 9.17) is 14.2 Å². The molecule has 0 aromatic heterocycles. The summed E-state index contributed by atoms with van der Waals surface area (Å²) in [4.78, 5) is 38.2. The number of rotatable bonds is 51. The minimum atomic E-state index is -0.823. The average molecular weight is 984 g/mol. The fraction of sp³-hybridized carbons (Fsp3) is 0.646. The van der Waals surface area contributed by atoms with Crippen LogP contribution in [0.5, 0.6) is 0 Å². The third-order valence-electron chi connectivity index (χ3n) is 11.9. The van der Waals surface area contributed by atoms with Gasteiger partial charge in [0.1, 0.15) is 13.2 Å². The normalized spacial score (nSPS) is 13.0. The highest BCUT2D eigenvalue weighted by Gasteiger charge is 2.19. The van der Waals surface area contributed by atoms with Crippen molar-refractivity contribution in [3.05, 3.63) is 122 Å². The van der Waals surface area contributed by atoms with Crippen LogP contribution in [0.25, 0.3) is 0 Å². The fourth-order valence-corrected chi connectivity index (χ4v) is 7.59. The van der Waals surface area contributed by atoms with Crippen LogP contribution in [0.15, 0.2) is 122 Å². The molecule has 0 aliphatic carbocycles. The Hall–Kier alpha value is -4.19. The van der Waals surface area contributed by atoms with Gasteiger partial charge in [0.05, 0.1) is 0 Å². The summed E-state index contributed by atoms with van der Waals surface area (Å²) in [7, 11) is 0. The highest BCUT2D eigenvalue weighted by Crippen LogP contribution is 2.13. The summed E-state index contributed by atoms with van der Waals surface area (Å²) in [5.41, 5.74) is 0. The Morgan fingerprint density at radius 1 is 0.296 bits per heavy atom. The SMILES string of the molecule is CC/C=C\C/C=C\C/C=C\C/C=C\C/C=C\C/C=C\CCC(=O)OCC(COC(=O)CCCCCCC/C=C\C/C=C\CCCCCC)OC(=O)CCCCCCCCC/C=C\C/C=C\CCCCCC. The molecule has 0 aliphatic rings. The molecule has 71 heavy (non-hydrogen) atoms. The summed E-state index contributed by atoms with van der Waals surface area (Å²) in [6.45, 7) is 6.41. The molecule has 0 amide bonds. The van der Waals surface area contributed by atoms with Crippen molar-refractivity contribution in [3.8, 4) is 0 Å². The van der Waals surface area contributed by atoms with Gasteiger partial charge in [-0.05, 0) is 122 Å². The van der Waals surface area contributed by atoms with Gasteiger partial charge in [-0.25, -0.2) is 0 Å². The Morgan fingerprint density at radius 3 is 0.944 bits per heavy atom. The Morgan fingerprint density at radius 2 is 0.577 bits per heavy atom. The first-order valence-electron chi connectivity index (χ1n) is 29.0. The van der Waals surface area contributed by atoms with Crippen LogP contribution in [-0.4, -0.2) is 37.2 Å². The van der Waals surface area contributed by atoms with Crippen molar-refractivity contribution in [2.75, 3.05) is 13.2 Å². The van der Waals surface area contributed by atoms with E-state index in [0.29, 0.717) is 19.3 Å². The van der Waals surface area contributed by atoms with Crippen LogP contribution in [0.1, 0.15) is 252 Å². The summed E-state index contributed by atoms with van der Waals surface area (Å²) in [5, 5.41) is 0. The molecule has 402 valence electrons. The molecule has 0 rings (SSSR count). The molecule has 1 unspecified atom stereocenters. The summed E-state index contributed by atoms with van der Waals surface area (Å²) in [6.07, 6.45) is 80.5.